The molecule has 1 heterocycles. The van der Waals surface area contributed by atoms with Gasteiger partial charge < -0.3 is 15.2 Å². The van der Waals surface area contributed by atoms with Gasteiger partial charge in [0, 0.05) is 17.8 Å². The number of ether oxygens (including phenoxy) is 1. The summed E-state index contributed by atoms with van der Waals surface area (Å²) < 4.78 is 5.65. The minimum atomic E-state index is -0.982. The van der Waals surface area contributed by atoms with Crippen LogP contribution in [0.5, 0.6) is 11.5 Å². The second-order valence-corrected chi connectivity index (χ2v) is 4.55. The van der Waals surface area contributed by atoms with E-state index in [2.05, 4.69) is 5.32 Å². The van der Waals surface area contributed by atoms with Crippen LogP contribution in [0.4, 0.5) is 5.69 Å². The topological polar surface area (TPSA) is 58.6 Å². The summed E-state index contributed by atoms with van der Waals surface area (Å²) in [6, 6.07) is 5.69. The third-order valence-corrected chi connectivity index (χ3v) is 3.20. The van der Waals surface area contributed by atoms with Crippen molar-refractivity contribution in [2.24, 2.45) is 0 Å². The Hall–Kier alpha value is -2.01. The minimum Gasteiger partial charge on any atom is -0.478 e. The number of nitrogens with one attached hydrogen (secondary N) is 1. The summed E-state index contributed by atoms with van der Waals surface area (Å²) in [7, 11) is 1.80. The second kappa shape index (κ2) is 5.10. The zero-order valence-corrected chi connectivity index (χ0v) is 10.9. The average molecular weight is 263 g/mol. The van der Waals surface area contributed by atoms with Crippen LogP contribution in [0.15, 0.2) is 29.0 Å². The Kier molecular flexibility index (Phi) is 3.53. The molecule has 0 spiro atoms. The molecule has 0 unspecified atom stereocenters. The fourth-order valence-corrected chi connectivity index (χ4v) is 2.29. The van der Waals surface area contributed by atoms with Gasteiger partial charge in [-0.25, -0.2) is 4.79 Å². The third kappa shape index (κ3) is 2.46. The van der Waals surface area contributed by atoms with Crippen molar-refractivity contribution in [1.29, 1.82) is 0 Å². The molecule has 0 aliphatic heterocycles. The quantitative estimate of drug-likeness (QED) is 0.885. The first-order chi connectivity index (χ1) is 8.61. The molecule has 1 aromatic carbocycles. The normalized spacial score (nSPS) is 10.1. The highest BCUT2D eigenvalue weighted by Gasteiger charge is 2.14. The molecule has 0 saturated heterocycles. The van der Waals surface area contributed by atoms with Gasteiger partial charge in [0.2, 0.25) is 0 Å². The number of hydrogen-bond acceptors (Lipinski definition) is 4. The van der Waals surface area contributed by atoms with Crippen LogP contribution in [0, 0.1) is 6.92 Å². The number of hydrogen-bond donors (Lipinski definition) is 2. The van der Waals surface area contributed by atoms with E-state index in [-0.39, 0.29) is 5.56 Å². The molecule has 2 N–H and O–H groups in total. The maximum Gasteiger partial charge on any atom is 0.340 e. The van der Waals surface area contributed by atoms with Crippen LogP contribution >= 0.6 is 11.3 Å². The van der Waals surface area contributed by atoms with Crippen molar-refractivity contribution in [2.45, 2.75) is 6.92 Å². The van der Waals surface area contributed by atoms with Crippen LogP contribution in [-0.2, 0) is 0 Å². The summed E-state index contributed by atoms with van der Waals surface area (Å²) in [5, 5.41) is 15.3. The van der Waals surface area contributed by atoms with E-state index in [1.165, 1.54) is 11.3 Å². The number of thiophene rings is 1. The van der Waals surface area contributed by atoms with Crippen LogP contribution < -0.4 is 10.1 Å². The number of aryl methyl sites for hydroxylation is 1. The molecule has 0 aliphatic carbocycles. The number of rotatable bonds is 4. The highest BCUT2D eigenvalue weighted by molar-refractivity contribution is 7.08. The summed E-state index contributed by atoms with van der Waals surface area (Å²) >= 11 is 1.30. The highest BCUT2D eigenvalue weighted by Crippen LogP contribution is 2.33. The van der Waals surface area contributed by atoms with Crippen molar-refractivity contribution in [3.05, 3.63) is 40.1 Å². The van der Waals surface area contributed by atoms with Gasteiger partial charge in [0.25, 0.3) is 0 Å². The summed E-state index contributed by atoms with van der Waals surface area (Å²) in [4.78, 5) is 11.0. The second-order valence-electron chi connectivity index (χ2n) is 3.81. The maximum atomic E-state index is 11.0. The van der Waals surface area contributed by atoms with E-state index in [0.717, 1.165) is 11.3 Å². The Morgan fingerprint density at radius 1 is 1.33 bits per heavy atom. The van der Waals surface area contributed by atoms with Crippen molar-refractivity contribution < 1.29 is 14.6 Å². The van der Waals surface area contributed by atoms with Gasteiger partial charge in [0.15, 0.2) is 11.5 Å². The largest absolute Gasteiger partial charge is 0.478 e. The van der Waals surface area contributed by atoms with Gasteiger partial charge in [0.1, 0.15) is 5.56 Å². The first-order valence-corrected chi connectivity index (χ1v) is 6.32. The Bertz CT molecular complexity index is 577. The molecule has 2 aromatic rings. The van der Waals surface area contributed by atoms with Gasteiger partial charge in [-0.15, -0.1) is 11.3 Å². The number of anilines is 1. The first-order valence-electron chi connectivity index (χ1n) is 5.37. The SMILES string of the molecule is CNc1cc(C)ccc1Oc1cscc1C(=O)O. The van der Waals surface area contributed by atoms with E-state index in [0.29, 0.717) is 11.5 Å². The van der Waals surface area contributed by atoms with E-state index in [1.54, 1.807) is 17.8 Å². The molecule has 0 atom stereocenters. The molecule has 0 bridgehead atoms. The van der Waals surface area contributed by atoms with Gasteiger partial charge in [0.05, 0.1) is 5.69 Å². The Morgan fingerprint density at radius 2 is 2.11 bits per heavy atom. The summed E-state index contributed by atoms with van der Waals surface area (Å²) in [5.74, 6) is 0.00113. The Balaban J connectivity index is 2.34. The fourth-order valence-electron chi connectivity index (χ4n) is 1.57. The van der Waals surface area contributed by atoms with E-state index in [9.17, 15) is 4.79 Å². The molecule has 94 valence electrons. The molecule has 0 saturated carbocycles. The lowest BCUT2D eigenvalue weighted by atomic mass is 10.2. The van der Waals surface area contributed by atoms with Crippen LogP contribution in [-0.4, -0.2) is 18.1 Å². The highest BCUT2D eigenvalue weighted by atomic mass is 32.1. The van der Waals surface area contributed by atoms with Gasteiger partial charge in [-0.2, -0.15) is 0 Å². The molecule has 0 fully saturated rings. The molecular formula is C13H13NO3S. The van der Waals surface area contributed by atoms with Gasteiger partial charge >= 0.3 is 5.97 Å². The lowest BCUT2D eigenvalue weighted by Crippen LogP contribution is -1.98. The maximum absolute atomic E-state index is 11.0. The lowest BCUT2D eigenvalue weighted by Gasteiger charge is -2.11. The van der Waals surface area contributed by atoms with Crippen molar-refractivity contribution in [3.63, 3.8) is 0 Å². The summed E-state index contributed by atoms with van der Waals surface area (Å²) in [6.45, 7) is 1.98. The molecule has 1 aromatic heterocycles. The Morgan fingerprint density at radius 3 is 2.78 bits per heavy atom. The molecule has 0 radical (unpaired) electrons. The molecule has 4 nitrogen and oxygen atoms in total. The van der Waals surface area contributed by atoms with Gasteiger partial charge in [-0.1, -0.05) is 6.07 Å². The zero-order valence-electron chi connectivity index (χ0n) is 10.1. The van der Waals surface area contributed by atoms with Crippen LogP contribution in [0.2, 0.25) is 0 Å². The number of carboxylic acids is 1. The number of carboxylic acid groups (broad SMARTS) is 1. The van der Waals surface area contributed by atoms with Crippen LogP contribution in [0.3, 0.4) is 0 Å². The number of aromatic carboxylic acids is 1. The molecular weight excluding hydrogens is 250 g/mol. The zero-order chi connectivity index (χ0) is 13.1. The molecule has 18 heavy (non-hydrogen) atoms. The predicted octanol–water partition coefficient (Wildman–Crippen LogP) is 3.59. The lowest BCUT2D eigenvalue weighted by molar-refractivity contribution is 0.0695. The van der Waals surface area contributed by atoms with Crippen LogP contribution in [0.1, 0.15) is 15.9 Å². The Labute approximate surface area is 109 Å². The monoisotopic (exact) mass is 263 g/mol. The molecule has 0 amide bonds. The number of carbonyl (C=O) groups is 1. The fraction of sp³-hybridized carbons (Fsp3) is 0.154. The van der Waals surface area contributed by atoms with E-state index in [1.807, 2.05) is 25.1 Å². The van der Waals surface area contributed by atoms with Crippen molar-refractivity contribution >= 4 is 23.0 Å². The van der Waals surface area contributed by atoms with Gasteiger partial charge in [-0.3, -0.25) is 0 Å². The van der Waals surface area contributed by atoms with Crippen molar-refractivity contribution in [2.75, 3.05) is 12.4 Å². The standard InChI is InChI=1S/C13H13NO3S/c1-8-3-4-11(10(5-8)14-2)17-12-7-18-6-9(12)13(15)16/h3-7,14H,1-2H3,(H,15,16). The van der Waals surface area contributed by atoms with Crippen molar-refractivity contribution in [1.82, 2.24) is 0 Å². The van der Waals surface area contributed by atoms with Crippen LogP contribution in [0.25, 0.3) is 0 Å². The predicted molar refractivity (Wildman–Crippen MR) is 72.1 cm³/mol. The third-order valence-electron chi connectivity index (χ3n) is 2.48. The van der Waals surface area contributed by atoms with Gasteiger partial charge in [-0.05, 0) is 24.6 Å². The van der Waals surface area contributed by atoms with E-state index >= 15 is 0 Å². The number of benzene rings is 1. The van der Waals surface area contributed by atoms with Crippen molar-refractivity contribution in [3.8, 4) is 11.5 Å². The van der Waals surface area contributed by atoms with E-state index in [4.69, 9.17) is 9.84 Å². The minimum absolute atomic E-state index is 0.183. The molecule has 5 heteroatoms. The average Bonchev–Trinajstić information content (AvgIpc) is 2.79. The summed E-state index contributed by atoms with van der Waals surface area (Å²) in [5.41, 5.74) is 2.12. The smallest absolute Gasteiger partial charge is 0.340 e. The molecule has 2 rings (SSSR count). The molecule has 0 aliphatic rings. The summed E-state index contributed by atoms with van der Waals surface area (Å²) in [6.07, 6.45) is 0. The van der Waals surface area contributed by atoms with E-state index < -0.39 is 5.97 Å². The first kappa shape index (κ1) is 12.4.